The van der Waals surface area contributed by atoms with Crippen molar-refractivity contribution >= 4 is 16.8 Å². The molecule has 0 aliphatic carbocycles. The maximum Gasteiger partial charge on any atom is 0.270 e. The third kappa shape index (κ3) is 3.03. The monoisotopic (exact) mass is 331 g/mol. The summed E-state index contributed by atoms with van der Waals surface area (Å²) < 4.78 is 19.5. The Morgan fingerprint density at radius 1 is 1.29 bits per heavy atom. The van der Waals surface area contributed by atoms with Crippen LogP contribution in [0.3, 0.4) is 0 Å². The third-order valence-corrected chi connectivity index (χ3v) is 4.99. The first-order chi connectivity index (χ1) is 11.7. The van der Waals surface area contributed by atoms with Gasteiger partial charge in [0.05, 0.1) is 6.10 Å². The van der Waals surface area contributed by atoms with Crippen LogP contribution in [0.15, 0.2) is 24.3 Å². The zero-order valence-electron chi connectivity index (χ0n) is 13.6. The Hall–Kier alpha value is -1.92. The minimum Gasteiger partial charge on any atom is -0.377 e. The van der Waals surface area contributed by atoms with Gasteiger partial charge >= 0.3 is 0 Å². The van der Waals surface area contributed by atoms with E-state index in [1.807, 2.05) is 4.90 Å². The highest BCUT2D eigenvalue weighted by Crippen LogP contribution is 2.20. The normalized spacial score (nSPS) is 22.4. The zero-order chi connectivity index (χ0) is 16.5. The van der Waals surface area contributed by atoms with Crippen LogP contribution in [0.4, 0.5) is 4.39 Å². The van der Waals surface area contributed by atoms with Gasteiger partial charge < -0.3 is 14.6 Å². The Morgan fingerprint density at radius 2 is 2.12 bits per heavy atom. The number of aromatic nitrogens is 1. The summed E-state index contributed by atoms with van der Waals surface area (Å²) >= 11 is 0. The Morgan fingerprint density at radius 3 is 2.83 bits per heavy atom. The molecule has 6 heteroatoms. The van der Waals surface area contributed by atoms with Crippen molar-refractivity contribution in [3.8, 4) is 0 Å². The van der Waals surface area contributed by atoms with Gasteiger partial charge in [0.2, 0.25) is 0 Å². The number of nitrogens with one attached hydrogen (secondary N) is 1. The number of carbonyl (C=O) groups is 1. The predicted molar refractivity (Wildman–Crippen MR) is 89.6 cm³/mol. The standard InChI is InChI=1S/C18H22FN3O2/c19-15-4-1-5-16-14(15)11-17(20-16)18(23)22-8-6-21(7-9-22)12-13-3-2-10-24-13/h1,4-5,11,13,20H,2-3,6-10,12H2. The highest BCUT2D eigenvalue weighted by Gasteiger charge is 2.26. The zero-order valence-corrected chi connectivity index (χ0v) is 13.6. The van der Waals surface area contributed by atoms with Crippen LogP contribution in [0, 0.1) is 5.82 Å². The van der Waals surface area contributed by atoms with Gasteiger partial charge in [-0.05, 0) is 31.0 Å². The summed E-state index contributed by atoms with van der Waals surface area (Å²) in [7, 11) is 0. The quantitative estimate of drug-likeness (QED) is 0.938. The van der Waals surface area contributed by atoms with E-state index < -0.39 is 0 Å². The Kier molecular flexibility index (Phi) is 4.24. The maximum absolute atomic E-state index is 13.8. The molecule has 2 saturated heterocycles. The topological polar surface area (TPSA) is 48.6 Å². The lowest BCUT2D eigenvalue weighted by Crippen LogP contribution is -2.50. The molecule has 1 N–H and O–H groups in total. The number of nitrogens with zero attached hydrogens (tertiary/aromatic N) is 2. The molecule has 2 fully saturated rings. The number of amides is 1. The minimum atomic E-state index is -0.302. The lowest BCUT2D eigenvalue weighted by Gasteiger charge is -2.35. The third-order valence-electron chi connectivity index (χ3n) is 4.99. The number of hydrogen-bond donors (Lipinski definition) is 1. The first-order valence-electron chi connectivity index (χ1n) is 8.61. The van der Waals surface area contributed by atoms with Gasteiger partial charge in [-0.15, -0.1) is 0 Å². The number of benzene rings is 1. The molecule has 1 atom stereocenters. The molecule has 2 aromatic rings. The first-order valence-corrected chi connectivity index (χ1v) is 8.61. The van der Waals surface area contributed by atoms with Crippen LogP contribution in [0.1, 0.15) is 23.3 Å². The van der Waals surface area contributed by atoms with Gasteiger partial charge in [0.1, 0.15) is 11.5 Å². The Balaban J connectivity index is 1.39. The molecule has 2 aliphatic rings. The van der Waals surface area contributed by atoms with E-state index >= 15 is 0 Å². The molecule has 2 aliphatic heterocycles. The number of rotatable bonds is 3. The summed E-state index contributed by atoms with van der Waals surface area (Å²) in [6.45, 7) is 4.95. The van der Waals surface area contributed by atoms with E-state index in [4.69, 9.17) is 4.74 Å². The molecule has 128 valence electrons. The number of carbonyl (C=O) groups excluding carboxylic acids is 1. The van der Waals surface area contributed by atoms with Crippen molar-refractivity contribution in [3.63, 3.8) is 0 Å². The van der Waals surface area contributed by atoms with E-state index in [0.29, 0.717) is 35.8 Å². The average Bonchev–Trinajstić information content (AvgIpc) is 3.25. The second-order valence-corrected chi connectivity index (χ2v) is 6.61. The van der Waals surface area contributed by atoms with E-state index in [9.17, 15) is 9.18 Å². The van der Waals surface area contributed by atoms with Gasteiger partial charge in [0.15, 0.2) is 0 Å². The van der Waals surface area contributed by atoms with Crippen LogP contribution in [-0.2, 0) is 4.74 Å². The summed E-state index contributed by atoms with van der Waals surface area (Å²) in [6.07, 6.45) is 2.64. The molecule has 0 spiro atoms. The predicted octanol–water partition coefficient (Wildman–Crippen LogP) is 2.24. The molecule has 1 aromatic heterocycles. The number of fused-ring (bicyclic) bond motifs is 1. The molecule has 0 bridgehead atoms. The number of aromatic amines is 1. The second-order valence-electron chi connectivity index (χ2n) is 6.61. The van der Waals surface area contributed by atoms with Crippen LogP contribution >= 0.6 is 0 Å². The molecule has 1 amide bonds. The van der Waals surface area contributed by atoms with Crippen LogP contribution in [0.5, 0.6) is 0 Å². The highest BCUT2D eigenvalue weighted by atomic mass is 19.1. The summed E-state index contributed by atoms with van der Waals surface area (Å²) in [4.78, 5) is 19.9. The fourth-order valence-corrected chi connectivity index (χ4v) is 3.61. The van der Waals surface area contributed by atoms with E-state index in [1.165, 1.54) is 6.07 Å². The van der Waals surface area contributed by atoms with Gasteiger partial charge in [0, 0.05) is 50.2 Å². The average molecular weight is 331 g/mol. The molecule has 3 heterocycles. The van der Waals surface area contributed by atoms with Crippen LogP contribution in [0.2, 0.25) is 0 Å². The van der Waals surface area contributed by atoms with Gasteiger partial charge in [-0.3, -0.25) is 9.69 Å². The van der Waals surface area contributed by atoms with E-state index in [-0.39, 0.29) is 11.7 Å². The summed E-state index contributed by atoms with van der Waals surface area (Å²) in [5.74, 6) is -0.355. The fourth-order valence-electron chi connectivity index (χ4n) is 3.61. The smallest absolute Gasteiger partial charge is 0.270 e. The van der Waals surface area contributed by atoms with Crippen molar-refractivity contribution in [1.82, 2.24) is 14.8 Å². The summed E-state index contributed by atoms with van der Waals surface area (Å²) in [5, 5.41) is 0.470. The van der Waals surface area contributed by atoms with Gasteiger partial charge in [-0.2, -0.15) is 0 Å². The van der Waals surface area contributed by atoms with E-state index in [0.717, 1.165) is 39.1 Å². The molecular formula is C18H22FN3O2. The first kappa shape index (κ1) is 15.6. The molecule has 24 heavy (non-hydrogen) atoms. The maximum atomic E-state index is 13.8. The lowest BCUT2D eigenvalue weighted by atomic mass is 10.2. The summed E-state index contributed by atoms with van der Waals surface area (Å²) in [6, 6.07) is 6.46. The molecule has 0 saturated carbocycles. The summed E-state index contributed by atoms with van der Waals surface area (Å²) in [5.41, 5.74) is 1.12. The second kappa shape index (κ2) is 6.53. The highest BCUT2D eigenvalue weighted by molar-refractivity contribution is 5.98. The van der Waals surface area contributed by atoms with Crippen molar-refractivity contribution < 1.29 is 13.9 Å². The molecule has 1 aromatic carbocycles. The largest absolute Gasteiger partial charge is 0.377 e. The van der Waals surface area contributed by atoms with Gasteiger partial charge in [0.25, 0.3) is 5.91 Å². The van der Waals surface area contributed by atoms with Gasteiger partial charge in [-0.1, -0.05) is 6.07 Å². The molecule has 1 unspecified atom stereocenters. The number of H-pyrrole nitrogens is 1. The van der Waals surface area contributed by atoms with Crippen molar-refractivity contribution in [3.05, 3.63) is 35.8 Å². The van der Waals surface area contributed by atoms with Crippen molar-refractivity contribution in [2.45, 2.75) is 18.9 Å². The fraction of sp³-hybridized carbons (Fsp3) is 0.500. The molecule has 4 rings (SSSR count). The van der Waals surface area contributed by atoms with Crippen molar-refractivity contribution in [1.29, 1.82) is 0 Å². The Labute approximate surface area is 140 Å². The number of piperazine rings is 1. The van der Waals surface area contributed by atoms with Crippen molar-refractivity contribution in [2.24, 2.45) is 0 Å². The Bertz CT molecular complexity index is 731. The van der Waals surface area contributed by atoms with E-state index in [1.54, 1.807) is 18.2 Å². The number of ether oxygens (including phenoxy) is 1. The lowest BCUT2D eigenvalue weighted by molar-refractivity contribution is 0.0430. The minimum absolute atomic E-state index is 0.0534. The van der Waals surface area contributed by atoms with Crippen LogP contribution in [0.25, 0.3) is 10.9 Å². The molecule has 0 radical (unpaired) electrons. The van der Waals surface area contributed by atoms with Gasteiger partial charge in [-0.25, -0.2) is 4.39 Å². The van der Waals surface area contributed by atoms with Crippen molar-refractivity contribution in [2.75, 3.05) is 39.3 Å². The van der Waals surface area contributed by atoms with E-state index in [2.05, 4.69) is 9.88 Å². The molecular weight excluding hydrogens is 309 g/mol. The van der Waals surface area contributed by atoms with Crippen LogP contribution in [-0.4, -0.2) is 66.1 Å². The van der Waals surface area contributed by atoms with Crippen LogP contribution < -0.4 is 0 Å². The number of hydrogen-bond acceptors (Lipinski definition) is 3. The molecule has 5 nitrogen and oxygen atoms in total. The SMILES string of the molecule is O=C(c1cc2c(F)cccc2[nH]1)N1CCN(CC2CCCO2)CC1. The number of halogens is 1.